The van der Waals surface area contributed by atoms with Gasteiger partial charge in [0.05, 0.1) is 18.8 Å². The van der Waals surface area contributed by atoms with E-state index in [1.165, 1.54) is 11.9 Å². The van der Waals surface area contributed by atoms with E-state index >= 15 is 0 Å². The van der Waals surface area contributed by atoms with E-state index in [0.717, 1.165) is 12.1 Å². The Morgan fingerprint density at radius 2 is 2.00 bits per heavy atom. The zero-order valence-corrected chi connectivity index (χ0v) is 9.71. The van der Waals surface area contributed by atoms with Crippen LogP contribution >= 0.6 is 0 Å². The maximum atomic E-state index is 6.10. The lowest BCUT2D eigenvalue weighted by atomic mass is 10.0. The van der Waals surface area contributed by atoms with E-state index in [9.17, 15) is 0 Å². The molecule has 1 aromatic carbocycles. The van der Waals surface area contributed by atoms with Gasteiger partial charge in [-0.25, -0.2) is 9.97 Å². The molecule has 88 valence electrons. The molecule has 0 amide bonds. The van der Waals surface area contributed by atoms with Crippen molar-refractivity contribution in [2.75, 3.05) is 7.11 Å². The van der Waals surface area contributed by atoms with Gasteiger partial charge in [0.1, 0.15) is 6.33 Å². The van der Waals surface area contributed by atoms with Crippen molar-refractivity contribution < 1.29 is 4.74 Å². The van der Waals surface area contributed by atoms with Gasteiger partial charge in [-0.05, 0) is 12.0 Å². The second kappa shape index (κ2) is 5.41. The maximum absolute atomic E-state index is 6.10. The minimum absolute atomic E-state index is 0.144. The molecule has 2 N–H and O–H groups in total. The summed E-state index contributed by atoms with van der Waals surface area (Å²) >= 11 is 0. The van der Waals surface area contributed by atoms with Crippen LogP contribution in [0.4, 0.5) is 0 Å². The molecule has 4 heteroatoms. The summed E-state index contributed by atoms with van der Waals surface area (Å²) < 4.78 is 5.05. The topological polar surface area (TPSA) is 61.0 Å². The van der Waals surface area contributed by atoms with Gasteiger partial charge in [0, 0.05) is 6.07 Å². The molecule has 0 fully saturated rings. The van der Waals surface area contributed by atoms with Crippen LogP contribution in [0.2, 0.25) is 0 Å². The first-order chi connectivity index (χ1) is 8.29. The summed E-state index contributed by atoms with van der Waals surface area (Å²) in [7, 11) is 1.58. The Bertz CT molecular complexity index is 473. The first kappa shape index (κ1) is 11.5. The Morgan fingerprint density at radius 3 is 2.71 bits per heavy atom. The normalized spacial score (nSPS) is 12.1. The van der Waals surface area contributed by atoms with Crippen molar-refractivity contribution in [3.8, 4) is 5.88 Å². The number of methoxy groups -OCH3 is 1. The van der Waals surface area contributed by atoms with Crippen molar-refractivity contribution in [2.24, 2.45) is 5.73 Å². The highest BCUT2D eigenvalue weighted by molar-refractivity contribution is 5.21. The number of nitrogens with zero attached hydrogens (tertiary/aromatic N) is 2. The van der Waals surface area contributed by atoms with Crippen molar-refractivity contribution in [1.82, 2.24) is 9.97 Å². The second-order valence-electron chi connectivity index (χ2n) is 3.78. The Morgan fingerprint density at radius 1 is 1.24 bits per heavy atom. The summed E-state index contributed by atoms with van der Waals surface area (Å²) in [6.07, 6.45) is 2.22. The van der Waals surface area contributed by atoms with Crippen LogP contribution in [0.1, 0.15) is 17.3 Å². The fourth-order valence-corrected chi connectivity index (χ4v) is 1.64. The summed E-state index contributed by atoms with van der Waals surface area (Å²) in [5.74, 6) is 0.540. The summed E-state index contributed by atoms with van der Waals surface area (Å²) in [4.78, 5) is 8.13. The fourth-order valence-electron chi connectivity index (χ4n) is 1.64. The van der Waals surface area contributed by atoms with E-state index in [1.807, 2.05) is 18.2 Å². The van der Waals surface area contributed by atoms with Crippen LogP contribution in [0.15, 0.2) is 42.7 Å². The molecule has 0 aliphatic rings. The largest absolute Gasteiger partial charge is 0.481 e. The molecule has 17 heavy (non-hydrogen) atoms. The summed E-state index contributed by atoms with van der Waals surface area (Å²) in [6, 6.07) is 11.7. The number of nitrogens with two attached hydrogens (primary N) is 1. The molecule has 0 saturated carbocycles. The first-order valence-electron chi connectivity index (χ1n) is 5.45. The van der Waals surface area contributed by atoms with E-state index in [4.69, 9.17) is 10.5 Å². The van der Waals surface area contributed by atoms with Crippen LogP contribution in [0.5, 0.6) is 5.88 Å². The average molecular weight is 229 g/mol. The molecule has 1 atom stereocenters. The Hall–Kier alpha value is -1.94. The van der Waals surface area contributed by atoms with E-state index in [0.29, 0.717) is 5.88 Å². The summed E-state index contributed by atoms with van der Waals surface area (Å²) in [6.45, 7) is 0. The Kier molecular flexibility index (Phi) is 3.67. The molecule has 4 nitrogen and oxygen atoms in total. The fraction of sp³-hybridized carbons (Fsp3) is 0.231. The van der Waals surface area contributed by atoms with Gasteiger partial charge < -0.3 is 10.5 Å². The predicted molar refractivity (Wildman–Crippen MR) is 65.7 cm³/mol. The quantitative estimate of drug-likeness (QED) is 0.867. The lowest BCUT2D eigenvalue weighted by molar-refractivity contribution is 0.395. The number of hydrogen-bond donors (Lipinski definition) is 1. The molecule has 2 aromatic rings. The number of ether oxygens (including phenoxy) is 1. The van der Waals surface area contributed by atoms with Gasteiger partial charge in [0.15, 0.2) is 0 Å². The number of benzene rings is 1. The minimum Gasteiger partial charge on any atom is -0.481 e. The van der Waals surface area contributed by atoms with Gasteiger partial charge in [-0.15, -0.1) is 0 Å². The van der Waals surface area contributed by atoms with Crippen molar-refractivity contribution in [3.63, 3.8) is 0 Å². The van der Waals surface area contributed by atoms with E-state index < -0.39 is 0 Å². The highest BCUT2D eigenvalue weighted by Crippen LogP contribution is 2.16. The van der Waals surface area contributed by atoms with Gasteiger partial charge >= 0.3 is 0 Å². The molecule has 1 unspecified atom stereocenters. The van der Waals surface area contributed by atoms with Crippen LogP contribution in [0.3, 0.4) is 0 Å². The molecule has 0 saturated heterocycles. The third-order valence-electron chi connectivity index (χ3n) is 2.55. The third kappa shape index (κ3) is 3.01. The SMILES string of the molecule is COc1cc(C(N)Cc2ccccc2)ncn1. The zero-order chi connectivity index (χ0) is 12.1. The molecule has 2 rings (SSSR count). The summed E-state index contributed by atoms with van der Waals surface area (Å²) in [5, 5.41) is 0. The van der Waals surface area contributed by atoms with Crippen LogP contribution < -0.4 is 10.5 Å². The van der Waals surface area contributed by atoms with Gasteiger partial charge in [-0.1, -0.05) is 30.3 Å². The number of rotatable bonds is 4. The van der Waals surface area contributed by atoms with E-state index in [-0.39, 0.29) is 6.04 Å². The lowest BCUT2D eigenvalue weighted by Gasteiger charge is -2.11. The number of aromatic nitrogens is 2. The Labute approximate surface area is 100 Å². The van der Waals surface area contributed by atoms with Gasteiger partial charge in [-0.2, -0.15) is 0 Å². The molecular formula is C13H15N3O. The zero-order valence-electron chi connectivity index (χ0n) is 9.71. The molecule has 0 bridgehead atoms. The minimum atomic E-state index is -0.144. The standard InChI is InChI=1S/C13H15N3O/c1-17-13-8-12(15-9-16-13)11(14)7-10-5-3-2-4-6-10/h2-6,8-9,11H,7,14H2,1H3. The van der Waals surface area contributed by atoms with Crippen LogP contribution in [-0.4, -0.2) is 17.1 Å². The van der Waals surface area contributed by atoms with Crippen molar-refractivity contribution >= 4 is 0 Å². The van der Waals surface area contributed by atoms with Crippen LogP contribution in [0.25, 0.3) is 0 Å². The van der Waals surface area contributed by atoms with Gasteiger partial charge in [0.25, 0.3) is 0 Å². The van der Waals surface area contributed by atoms with Gasteiger partial charge in [0.2, 0.25) is 5.88 Å². The van der Waals surface area contributed by atoms with Crippen molar-refractivity contribution in [1.29, 1.82) is 0 Å². The molecular weight excluding hydrogens is 214 g/mol. The lowest BCUT2D eigenvalue weighted by Crippen LogP contribution is -2.15. The van der Waals surface area contributed by atoms with Crippen LogP contribution in [-0.2, 0) is 6.42 Å². The molecule has 0 radical (unpaired) electrons. The smallest absolute Gasteiger partial charge is 0.216 e. The maximum Gasteiger partial charge on any atom is 0.216 e. The highest BCUT2D eigenvalue weighted by Gasteiger charge is 2.09. The Balaban J connectivity index is 2.11. The number of hydrogen-bond acceptors (Lipinski definition) is 4. The van der Waals surface area contributed by atoms with Crippen LogP contribution in [0, 0.1) is 0 Å². The van der Waals surface area contributed by atoms with Crippen molar-refractivity contribution in [3.05, 3.63) is 54.0 Å². The monoisotopic (exact) mass is 229 g/mol. The molecule has 0 spiro atoms. The third-order valence-corrected chi connectivity index (χ3v) is 2.55. The molecule has 1 aromatic heterocycles. The average Bonchev–Trinajstić information content (AvgIpc) is 2.40. The van der Waals surface area contributed by atoms with Gasteiger partial charge in [-0.3, -0.25) is 0 Å². The van der Waals surface area contributed by atoms with Crippen molar-refractivity contribution in [2.45, 2.75) is 12.5 Å². The summed E-state index contributed by atoms with van der Waals surface area (Å²) in [5.41, 5.74) is 8.09. The molecule has 0 aliphatic carbocycles. The first-order valence-corrected chi connectivity index (χ1v) is 5.45. The molecule has 1 heterocycles. The highest BCUT2D eigenvalue weighted by atomic mass is 16.5. The van der Waals surface area contributed by atoms with E-state index in [2.05, 4.69) is 22.1 Å². The second-order valence-corrected chi connectivity index (χ2v) is 3.78. The van der Waals surface area contributed by atoms with E-state index in [1.54, 1.807) is 13.2 Å². The molecule has 0 aliphatic heterocycles. The predicted octanol–water partition coefficient (Wildman–Crippen LogP) is 1.73.